The fourth-order valence-corrected chi connectivity index (χ4v) is 15.1. The molecule has 2 aliphatic rings. The number of imidazole rings is 2. The second-order valence-corrected chi connectivity index (χ2v) is 26.2. The lowest BCUT2D eigenvalue weighted by Gasteiger charge is -2.23. The molecule has 3 heterocycles. The van der Waals surface area contributed by atoms with E-state index < -0.39 is 0 Å². The van der Waals surface area contributed by atoms with Gasteiger partial charge in [0.05, 0.1) is 33.3 Å². The van der Waals surface area contributed by atoms with Gasteiger partial charge in [-0.1, -0.05) is 258 Å². The van der Waals surface area contributed by atoms with Crippen molar-refractivity contribution in [2.75, 3.05) is 0 Å². The molecule has 0 atom stereocenters. The van der Waals surface area contributed by atoms with Gasteiger partial charge in [0.2, 0.25) is 0 Å². The van der Waals surface area contributed by atoms with Crippen molar-refractivity contribution in [1.29, 1.82) is 0 Å². The van der Waals surface area contributed by atoms with Gasteiger partial charge in [0.1, 0.15) is 11.6 Å². The molecule has 13 aromatic carbocycles. The van der Waals surface area contributed by atoms with Crippen molar-refractivity contribution < 1.29 is 0 Å². The van der Waals surface area contributed by atoms with Crippen LogP contribution in [0.1, 0.15) is 49.9 Å². The van der Waals surface area contributed by atoms with E-state index in [9.17, 15) is 0 Å². The predicted molar refractivity (Wildman–Crippen MR) is 387 cm³/mol. The number of aromatic nitrogens is 6. The highest BCUT2D eigenvalue weighted by atomic mass is 15.1. The number of para-hydroxylation sites is 2. The molecule has 444 valence electrons. The average molecular weight is 1200 g/mol. The summed E-state index contributed by atoms with van der Waals surface area (Å²) < 4.78 is 4.52. The van der Waals surface area contributed by atoms with Crippen molar-refractivity contribution in [2.24, 2.45) is 0 Å². The standard InChI is InChI=1S/C88H62N6/c1-87(2)74-31-19-17-29-68(74)70-45-41-61(51-76(70)87)65-49-72(64-42-46-71-69-30-18-20-32-75(69)88(3,4)77(71)52-64)83-73(50-65)82(57-37-33-55(34-38-57)62-43-47-80-78(53-62)89-85(59-21-9-5-10-22-59)93(80)66-25-13-7-14-26-66)91-84(92-83)58-39-35-56(36-40-58)63-44-48-81-79(54-63)90-86(60-23-11-6-12-24-60)94(81)67-27-15-8-16-28-67/h5-54H,1-4H3. The van der Waals surface area contributed by atoms with Crippen molar-refractivity contribution >= 4 is 33.0 Å². The highest BCUT2D eigenvalue weighted by Crippen LogP contribution is 2.53. The van der Waals surface area contributed by atoms with Crippen LogP contribution in [0.25, 0.3) is 157 Å². The molecule has 18 rings (SSSR count). The van der Waals surface area contributed by atoms with Crippen LogP contribution in [-0.4, -0.2) is 29.1 Å². The highest BCUT2D eigenvalue weighted by Gasteiger charge is 2.37. The maximum Gasteiger partial charge on any atom is 0.160 e. The van der Waals surface area contributed by atoms with Crippen molar-refractivity contribution in [3.05, 3.63) is 326 Å². The number of hydrogen-bond acceptors (Lipinski definition) is 4. The zero-order valence-corrected chi connectivity index (χ0v) is 52.6. The fraction of sp³-hybridized carbons (Fsp3) is 0.0682. The van der Waals surface area contributed by atoms with Crippen LogP contribution in [0.2, 0.25) is 0 Å². The minimum atomic E-state index is -0.210. The van der Waals surface area contributed by atoms with E-state index in [1.807, 2.05) is 6.07 Å². The summed E-state index contributed by atoms with van der Waals surface area (Å²) in [5, 5.41) is 0.978. The lowest BCUT2D eigenvalue weighted by Crippen LogP contribution is -2.15. The van der Waals surface area contributed by atoms with Gasteiger partial charge in [-0.25, -0.2) is 19.9 Å². The number of benzene rings is 13. The average Bonchev–Trinajstić information content (AvgIpc) is 1.52. The van der Waals surface area contributed by atoms with Gasteiger partial charge in [-0.2, -0.15) is 0 Å². The Morgan fingerprint density at radius 3 is 1.16 bits per heavy atom. The van der Waals surface area contributed by atoms with Crippen LogP contribution in [0.15, 0.2) is 303 Å². The van der Waals surface area contributed by atoms with Gasteiger partial charge in [0, 0.05) is 55.4 Å². The molecule has 6 nitrogen and oxygen atoms in total. The van der Waals surface area contributed by atoms with Gasteiger partial charge >= 0.3 is 0 Å². The summed E-state index contributed by atoms with van der Waals surface area (Å²) >= 11 is 0. The molecule has 6 heteroatoms. The topological polar surface area (TPSA) is 61.4 Å². The molecular weight excluding hydrogens is 1140 g/mol. The van der Waals surface area contributed by atoms with Crippen molar-refractivity contribution in [3.63, 3.8) is 0 Å². The molecule has 0 amide bonds. The second kappa shape index (κ2) is 21.4. The Hall–Kier alpha value is -11.9. The van der Waals surface area contributed by atoms with Crippen molar-refractivity contribution in [2.45, 2.75) is 38.5 Å². The lowest BCUT2D eigenvalue weighted by molar-refractivity contribution is 0.660. The Balaban J connectivity index is 0.809. The lowest BCUT2D eigenvalue weighted by atomic mass is 9.81. The summed E-state index contributed by atoms with van der Waals surface area (Å²) in [4.78, 5) is 22.1. The van der Waals surface area contributed by atoms with E-state index in [1.54, 1.807) is 0 Å². The maximum absolute atomic E-state index is 5.75. The Morgan fingerprint density at radius 1 is 0.255 bits per heavy atom. The van der Waals surface area contributed by atoms with Gasteiger partial charge in [-0.3, -0.25) is 9.13 Å². The molecule has 0 radical (unpaired) electrons. The minimum Gasteiger partial charge on any atom is -0.292 e. The van der Waals surface area contributed by atoms with Crippen LogP contribution < -0.4 is 0 Å². The Labute approximate surface area is 546 Å². The first kappa shape index (κ1) is 55.0. The van der Waals surface area contributed by atoms with Crippen LogP contribution in [0.3, 0.4) is 0 Å². The zero-order chi connectivity index (χ0) is 62.8. The van der Waals surface area contributed by atoms with E-state index >= 15 is 0 Å². The first-order valence-electron chi connectivity index (χ1n) is 32.4. The van der Waals surface area contributed by atoms with Gasteiger partial charge in [-0.15, -0.1) is 0 Å². The molecule has 16 aromatic rings. The van der Waals surface area contributed by atoms with Crippen LogP contribution in [0, 0.1) is 0 Å². The normalized spacial score (nSPS) is 13.3. The predicted octanol–water partition coefficient (Wildman–Crippen LogP) is 22.3. The smallest absolute Gasteiger partial charge is 0.160 e. The van der Waals surface area contributed by atoms with Crippen LogP contribution in [0.5, 0.6) is 0 Å². The van der Waals surface area contributed by atoms with Crippen LogP contribution in [0.4, 0.5) is 0 Å². The second-order valence-electron chi connectivity index (χ2n) is 26.2. The molecule has 0 spiro atoms. The highest BCUT2D eigenvalue weighted by molar-refractivity contribution is 6.05. The van der Waals surface area contributed by atoms with Crippen LogP contribution in [-0.2, 0) is 10.8 Å². The molecule has 0 saturated carbocycles. The third-order valence-electron chi connectivity index (χ3n) is 20.0. The monoisotopic (exact) mass is 1200 g/mol. The fourth-order valence-electron chi connectivity index (χ4n) is 15.1. The van der Waals surface area contributed by atoms with Gasteiger partial charge in [0.15, 0.2) is 5.82 Å². The number of nitrogens with zero attached hydrogens (tertiary/aromatic N) is 6. The van der Waals surface area contributed by atoms with E-state index in [4.69, 9.17) is 19.9 Å². The van der Waals surface area contributed by atoms with E-state index in [2.05, 4.69) is 334 Å². The summed E-state index contributed by atoms with van der Waals surface area (Å²) in [5.74, 6) is 2.46. The van der Waals surface area contributed by atoms with E-state index in [1.165, 1.54) is 44.5 Å². The van der Waals surface area contributed by atoms with Crippen molar-refractivity contribution in [3.8, 4) is 124 Å². The summed E-state index contributed by atoms with van der Waals surface area (Å²) in [6.07, 6.45) is 0. The third-order valence-corrected chi connectivity index (χ3v) is 20.0. The molecule has 94 heavy (non-hydrogen) atoms. The van der Waals surface area contributed by atoms with Gasteiger partial charge in [0.25, 0.3) is 0 Å². The summed E-state index contributed by atoms with van der Waals surface area (Å²) in [6.45, 7) is 9.45. The SMILES string of the molecule is CC1(C)c2ccccc2-c2ccc(-c3cc(-c4ccc5c(c4)C(C)(C)c4ccccc4-5)c4nc(-c5ccc(-c6ccc7c(c6)nc(-c6ccccc6)n7-c6ccccc6)cc5)nc(-c5ccc(-c6ccc7c(c6)nc(-c6ccccc6)n7-c6ccccc6)cc5)c4c3)cc21. The summed E-state index contributed by atoms with van der Waals surface area (Å²) in [6, 6.07) is 110. The molecule has 0 saturated heterocycles. The van der Waals surface area contributed by atoms with E-state index in [-0.39, 0.29) is 10.8 Å². The Kier molecular flexibility index (Phi) is 12.5. The largest absolute Gasteiger partial charge is 0.292 e. The number of fused-ring (bicyclic) bond motifs is 9. The number of hydrogen-bond donors (Lipinski definition) is 0. The van der Waals surface area contributed by atoms with Crippen molar-refractivity contribution in [1.82, 2.24) is 29.1 Å². The zero-order valence-electron chi connectivity index (χ0n) is 52.6. The molecule has 0 fully saturated rings. The molecule has 0 aliphatic heterocycles. The van der Waals surface area contributed by atoms with E-state index in [0.29, 0.717) is 5.82 Å². The number of rotatable bonds is 10. The molecule has 0 N–H and O–H groups in total. The van der Waals surface area contributed by atoms with Gasteiger partial charge in [-0.05, 0) is 156 Å². The van der Waals surface area contributed by atoms with E-state index in [0.717, 1.165) is 128 Å². The first-order valence-corrected chi connectivity index (χ1v) is 32.4. The summed E-state index contributed by atoms with van der Waals surface area (Å²) in [7, 11) is 0. The molecule has 2 aliphatic carbocycles. The molecular formula is C88H62N6. The molecule has 0 unspecified atom stereocenters. The first-order chi connectivity index (χ1) is 46.1. The quantitative estimate of drug-likeness (QED) is 0.137. The maximum atomic E-state index is 5.75. The molecule has 0 bridgehead atoms. The van der Waals surface area contributed by atoms with Crippen LogP contribution >= 0.6 is 0 Å². The van der Waals surface area contributed by atoms with Gasteiger partial charge < -0.3 is 0 Å². The Morgan fingerprint density at radius 2 is 0.649 bits per heavy atom. The Bertz CT molecular complexity index is 5690. The minimum absolute atomic E-state index is 0.177. The molecule has 3 aromatic heterocycles. The third kappa shape index (κ3) is 8.85. The summed E-state index contributed by atoms with van der Waals surface area (Å²) in [5.41, 5.74) is 30.8.